The summed E-state index contributed by atoms with van der Waals surface area (Å²) in [6.07, 6.45) is -0.240. The molecule has 0 saturated carbocycles. The van der Waals surface area contributed by atoms with E-state index in [0.717, 1.165) is 17.2 Å². The number of hydrogen-bond donors (Lipinski definition) is 4. The third kappa shape index (κ3) is 3.46. The molecule has 0 unspecified atom stereocenters. The molecule has 0 aliphatic heterocycles. The fraction of sp³-hybridized carbons (Fsp3) is 0.222. The van der Waals surface area contributed by atoms with Crippen molar-refractivity contribution in [2.75, 3.05) is 12.4 Å². The van der Waals surface area contributed by atoms with Crippen molar-refractivity contribution in [2.45, 2.75) is 18.6 Å². The van der Waals surface area contributed by atoms with Crippen LogP contribution < -0.4 is 16.0 Å². The number of urea groups is 1. The smallest absolute Gasteiger partial charge is 0.319 e. The fourth-order valence-electron chi connectivity index (χ4n) is 2.97. The summed E-state index contributed by atoms with van der Waals surface area (Å²) >= 11 is 0. The Bertz CT molecular complexity index is 825. The van der Waals surface area contributed by atoms with Gasteiger partial charge in [-0.3, -0.25) is 4.79 Å². The molecule has 2 aromatic rings. The van der Waals surface area contributed by atoms with Gasteiger partial charge in [0.25, 0.3) is 5.91 Å². The minimum absolute atomic E-state index is 0.161. The first-order chi connectivity index (χ1) is 12.0. The molecule has 0 fully saturated rings. The molecule has 130 valence electrons. The molecule has 3 amide bonds. The summed E-state index contributed by atoms with van der Waals surface area (Å²) in [7, 11) is 1.40. The van der Waals surface area contributed by atoms with Gasteiger partial charge < -0.3 is 21.1 Å². The largest absolute Gasteiger partial charge is 0.390 e. The predicted molar refractivity (Wildman–Crippen MR) is 90.8 cm³/mol. The van der Waals surface area contributed by atoms with Crippen LogP contribution in [0.25, 0.3) is 0 Å². The van der Waals surface area contributed by atoms with Gasteiger partial charge in [0.1, 0.15) is 5.82 Å². The Kier molecular flexibility index (Phi) is 4.67. The number of hydrogen-bond acceptors (Lipinski definition) is 3. The van der Waals surface area contributed by atoms with E-state index in [4.69, 9.17) is 0 Å². The molecule has 1 aliphatic rings. The van der Waals surface area contributed by atoms with Crippen molar-refractivity contribution < 1.29 is 19.1 Å². The lowest BCUT2D eigenvalue weighted by Gasteiger charge is -2.18. The number of carbonyl (C=O) groups is 2. The third-order valence-electron chi connectivity index (χ3n) is 4.19. The van der Waals surface area contributed by atoms with Gasteiger partial charge in [0.05, 0.1) is 17.7 Å². The Hall–Kier alpha value is -2.93. The molecule has 25 heavy (non-hydrogen) atoms. The number of amides is 3. The summed E-state index contributed by atoms with van der Waals surface area (Å²) in [6, 6.07) is 10.2. The van der Waals surface area contributed by atoms with Crippen molar-refractivity contribution in [1.29, 1.82) is 0 Å². The molecule has 2 aromatic carbocycles. The summed E-state index contributed by atoms with van der Waals surface area (Å²) in [5.74, 6) is -1.26. The van der Waals surface area contributed by atoms with Crippen LogP contribution in [0.3, 0.4) is 0 Å². The van der Waals surface area contributed by atoms with Gasteiger partial charge in [-0.05, 0) is 29.3 Å². The molecule has 4 N–H and O–H groups in total. The highest BCUT2D eigenvalue weighted by Crippen LogP contribution is 2.31. The van der Waals surface area contributed by atoms with Crippen LogP contribution >= 0.6 is 0 Å². The highest BCUT2D eigenvalue weighted by molar-refractivity contribution is 5.97. The van der Waals surface area contributed by atoms with Crippen LogP contribution in [-0.2, 0) is 6.42 Å². The zero-order valence-electron chi connectivity index (χ0n) is 13.5. The van der Waals surface area contributed by atoms with Gasteiger partial charge in [-0.25, -0.2) is 9.18 Å². The number of nitrogens with one attached hydrogen (secondary N) is 3. The van der Waals surface area contributed by atoms with E-state index >= 15 is 0 Å². The van der Waals surface area contributed by atoms with Crippen molar-refractivity contribution in [3.8, 4) is 0 Å². The quantitative estimate of drug-likeness (QED) is 0.687. The second-order valence-electron chi connectivity index (χ2n) is 5.82. The van der Waals surface area contributed by atoms with Gasteiger partial charge >= 0.3 is 6.03 Å². The van der Waals surface area contributed by atoms with Gasteiger partial charge in [0.15, 0.2) is 0 Å². The molecule has 1 aliphatic carbocycles. The normalized spacial score (nSPS) is 18.4. The second kappa shape index (κ2) is 6.90. The fourth-order valence-corrected chi connectivity index (χ4v) is 2.97. The molecule has 3 rings (SSSR count). The lowest BCUT2D eigenvalue weighted by Crippen LogP contribution is -2.36. The molecule has 2 atom stereocenters. The monoisotopic (exact) mass is 343 g/mol. The summed E-state index contributed by atoms with van der Waals surface area (Å²) in [5, 5.41) is 17.8. The van der Waals surface area contributed by atoms with Gasteiger partial charge in [-0.1, -0.05) is 24.3 Å². The van der Waals surface area contributed by atoms with E-state index in [2.05, 4.69) is 16.0 Å². The number of halogens is 1. The first-order valence-electron chi connectivity index (χ1n) is 7.84. The number of anilines is 1. The van der Waals surface area contributed by atoms with Crippen molar-refractivity contribution in [2.24, 2.45) is 0 Å². The van der Waals surface area contributed by atoms with E-state index < -0.39 is 29.9 Å². The maximum atomic E-state index is 13.7. The number of aliphatic hydroxyl groups is 1. The molecule has 0 spiro atoms. The van der Waals surface area contributed by atoms with E-state index in [9.17, 15) is 19.1 Å². The number of fused-ring (bicyclic) bond motifs is 1. The number of aliphatic hydroxyl groups excluding tert-OH is 1. The van der Waals surface area contributed by atoms with Crippen molar-refractivity contribution >= 4 is 17.6 Å². The van der Waals surface area contributed by atoms with Crippen LogP contribution in [0.4, 0.5) is 14.9 Å². The molecular formula is C18H18FN3O3. The van der Waals surface area contributed by atoms with Crippen molar-refractivity contribution in [1.82, 2.24) is 10.6 Å². The molecule has 6 nitrogen and oxygen atoms in total. The Balaban J connectivity index is 1.72. The number of rotatable bonds is 3. The SMILES string of the molecule is CNC(=O)c1cc(NC(=O)N[C@@H]2c3ccccc3C[C@@H]2O)ccc1F. The zero-order chi connectivity index (χ0) is 18.0. The molecule has 0 saturated heterocycles. The van der Waals surface area contributed by atoms with Crippen LogP contribution in [0.15, 0.2) is 42.5 Å². The van der Waals surface area contributed by atoms with Gasteiger partial charge in [0.2, 0.25) is 0 Å². The van der Waals surface area contributed by atoms with E-state index in [1.165, 1.54) is 19.2 Å². The lowest BCUT2D eigenvalue weighted by molar-refractivity contribution is 0.0959. The highest BCUT2D eigenvalue weighted by Gasteiger charge is 2.31. The van der Waals surface area contributed by atoms with Crippen molar-refractivity contribution in [3.05, 3.63) is 65.0 Å². The van der Waals surface area contributed by atoms with Crippen LogP contribution in [0.5, 0.6) is 0 Å². The van der Waals surface area contributed by atoms with Crippen LogP contribution in [0.2, 0.25) is 0 Å². The van der Waals surface area contributed by atoms with Crippen LogP contribution in [0.1, 0.15) is 27.5 Å². The molecule has 0 aromatic heterocycles. The van der Waals surface area contributed by atoms with Gasteiger partial charge in [-0.2, -0.15) is 0 Å². The topological polar surface area (TPSA) is 90.5 Å². The predicted octanol–water partition coefficient (Wildman–Crippen LogP) is 1.97. The molecular weight excluding hydrogens is 325 g/mol. The van der Waals surface area contributed by atoms with Crippen molar-refractivity contribution in [3.63, 3.8) is 0 Å². The second-order valence-corrected chi connectivity index (χ2v) is 5.82. The Morgan fingerprint density at radius 1 is 1.20 bits per heavy atom. The van der Waals surface area contributed by atoms with E-state index in [-0.39, 0.29) is 11.3 Å². The minimum Gasteiger partial charge on any atom is -0.390 e. The summed E-state index contributed by atoms with van der Waals surface area (Å²) in [5.41, 5.74) is 1.98. The molecule has 0 bridgehead atoms. The van der Waals surface area contributed by atoms with E-state index in [1.54, 1.807) is 0 Å². The van der Waals surface area contributed by atoms with Gasteiger partial charge in [0, 0.05) is 19.2 Å². The number of benzene rings is 2. The lowest BCUT2D eigenvalue weighted by atomic mass is 10.1. The summed E-state index contributed by atoms with van der Waals surface area (Å²) < 4.78 is 13.7. The maximum Gasteiger partial charge on any atom is 0.319 e. The first kappa shape index (κ1) is 16.9. The summed E-state index contributed by atoms with van der Waals surface area (Å²) in [6.45, 7) is 0. The highest BCUT2D eigenvalue weighted by atomic mass is 19.1. The Morgan fingerprint density at radius 2 is 1.96 bits per heavy atom. The maximum absolute atomic E-state index is 13.7. The first-order valence-corrected chi connectivity index (χ1v) is 7.84. The Morgan fingerprint density at radius 3 is 2.72 bits per heavy atom. The third-order valence-corrected chi connectivity index (χ3v) is 4.19. The minimum atomic E-state index is -0.710. The van der Waals surface area contributed by atoms with Crippen LogP contribution in [0, 0.1) is 5.82 Å². The average molecular weight is 343 g/mol. The summed E-state index contributed by atoms with van der Waals surface area (Å²) in [4.78, 5) is 23.9. The standard InChI is InChI=1S/C18H18FN3O3/c1-20-17(24)13-9-11(6-7-14(13)19)21-18(25)22-16-12-5-3-2-4-10(12)8-15(16)23/h2-7,9,15-16,23H,8H2,1H3,(H,20,24)(H2,21,22,25)/t15-,16+/m0/s1. The molecule has 7 heteroatoms. The van der Waals surface area contributed by atoms with Crippen LogP contribution in [-0.4, -0.2) is 30.2 Å². The molecule has 0 heterocycles. The molecule has 0 radical (unpaired) electrons. The number of carbonyl (C=O) groups excluding carboxylic acids is 2. The Labute approximate surface area is 144 Å². The zero-order valence-corrected chi connectivity index (χ0v) is 13.5. The average Bonchev–Trinajstić information content (AvgIpc) is 2.91. The van der Waals surface area contributed by atoms with E-state index in [1.807, 2.05) is 24.3 Å². The van der Waals surface area contributed by atoms with E-state index in [0.29, 0.717) is 6.42 Å². The van der Waals surface area contributed by atoms with Gasteiger partial charge in [-0.15, -0.1) is 0 Å².